The normalized spacial score (nSPS) is 21.3. The zero-order valence-electron chi connectivity index (χ0n) is 18.3. The molecule has 1 heterocycles. The number of benzene rings is 3. The van der Waals surface area contributed by atoms with Crippen LogP contribution in [-0.4, -0.2) is 8.42 Å². The quantitative estimate of drug-likeness (QED) is 0.372. The number of aryl methyl sites for hydroxylation is 2. The molecular formula is C26H24Cl2N2O2S. The van der Waals surface area contributed by atoms with Crippen LogP contribution in [-0.2, 0) is 10.0 Å². The average Bonchev–Trinajstić information content (AvgIpc) is 3.26. The molecule has 1 aliphatic carbocycles. The van der Waals surface area contributed by atoms with Crippen molar-refractivity contribution in [1.29, 1.82) is 0 Å². The lowest BCUT2D eigenvalue weighted by Crippen LogP contribution is -2.29. The van der Waals surface area contributed by atoms with Gasteiger partial charge in [0.05, 0.1) is 16.6 Å². The first-order valence-electron chi connectivity index (χ1n) is 10.9. The maximum absolute atomic E-state index is 13.3. The standard InChI is InChI=1S/C26H24Cl2N2O2S/c1-15-5-3-6-16(2)25(15)30-33(31,32)18-10-12-24-22(14-18)19-7-4-8-20(19)26(29-24)21-11-9-17(27)13-23(21)28/h3-7,9-14,19-20,26,29-30H,8H2,1-2H3/t19-,20+,26-/m0/s1. The van der Waals surface area contributed by atoms with Gasteiger partial charge in [0.15, 0.2) is 0 Å². The first kappa shape index (κ1) is 22.3. The molecule has 5 rings (SSSR count). The number of allylic oxidation sites excluding steroid dienone is 2. The Bertz CT molecular complexity index is 1360. The second-order valence-electron chi connectivity index (χ2n) is 8.76. The molecule has 0 radical (unpaired) electrons. The lowest BCUT2D eigenvalue weighted by Gasteiger charge is -2.38. The highest BCUT2D eigenvalue weighted by Crippen LogP contribution is 2.51. The Morgan fingerprint density at radius 2 is 1.73 bits per heavy atom. The summed E-state index contributed by atoms with van der Waals surface area (Å²) in [5.41, 5.74) is 5.31. The smallest absolute Gasteiger partial charge is 0.261 e. The molecular weight excluding hydrogens is 475 g/mol. The predicted octanol–water partition coefficient (Wildman–Crippen LogP) is 7.24. The Morgan fingerprint density at radius 3 is 2.45 bits per heavy atom. The molecule has 0 unspecified atom stereocenters. The van der Waals surface area contributed by atoms with Crippen LogP contribution in [0.4, 0.5) is 11.4 Å². The fourth-order valence-corrected chi connectivity index (χ4v) is 6.73. The Morgan fingerprint density at radius 1 is 0.970 bits per heavy atom. The monoisotopic (exact) mass is 498 g/mol. The van der Waals surface area contributed by atoms with Gasteiger partial charge in [-0.25, -0.2) is 8.42 Å². The maximum Gasteiger partial charge on any atom is 0.261 e. The molecule has 4 nitrogen and oxygen atoms in total. The number of hydrogen-bond donors (Lipinski definition) is 2. The van der Waals surface area contributed by atoms with E-state index in [2.05, 4.69) is 22.2 Å². The van der Waals surface area contributed by atoms with Crippen molar-refractivity contribution in [3.8, 4) is 0 Å². The molecule has 2 aliphatic rings. The van der Waals surface area contributed by atoms with Crippen LogP contribution in [0.5, 0.6) is 0 Å². The molecule has 3 atom stereocenters. The van der Waals surface area contributed by atoms with Gasteiger partial charge in [0.2, 0.25) is 0 Å². The lowest BCUT2D eigenvalue weighted by molar-refractivity contribution is 0.425. The van der Waals surface area contributed by atoms with Gasteiger partial charge in [-0.05, 0) is 78.8 Å². The second-order valence-corrected chi connectivity index (χ2v) is 11.3. The van der Waals surface area contributed by atoms with E-state index in [1.54, 1.807) is 18.2 Å². The predicted molar refractivity (Wildman–Crippen MR) is 136 cm³/mol. The largest absolute Gasteiger partial charge is 0.378 e. The summed E-state index contributed by atoms with van der Waals surface area (Å²) in [6.45, 7) is 3.80. The van der Waals surface area contributed by atoms with Crippen LogP contribution in [0.3, 0.4) is 0 Å². The second kappa shape index (κ2) is 8.39. The number of nitrogens with one attached hydrogen (secondary N) is 2. The minimum absolute atomic E-state index is 0.0115. The summed E-state index contributed by atoms with van der Waals surface area (Å²) in [5.74, 6) is 0.342. The summed E-state index contributed by atoms with van der Waals surface area (Å²) in [5, 5.41) is 4.84. The SMILES string of the molecule is Cc1cccc(C)c1NS(=O)(=O)c1ccc2c(c1)[C@H]1C=CC[C@H]1[C@@H](c1ccc(Cl)cc1Cl)N2. The van der Waals surface area contributed by atoms with Gasteiger partial charge in [-0.3, -0.25) is 4.72 Å². The summed E-state index contributed by atoms with van der Waals surface area (Å²) in [4.78, 5) is 0.257. The molecule has 0 bridgehead atoms. The van der Waals surface area contributed by atoms with Crippen molar-refractivity contribution in [3.05, 3.63) is 99.0 Å². The van der Waals surface area contributed by atoms with E-state index < -0.39 is 10.0 Å². The highest BCUT2D eigenvalue weighted by atomic mass is 35.5. The van der Waals surface area contributed by atoms with Gasteiger partial charge in [-0.1, -0.05) is 59.6 Å². The molecule has 0 saturated carbocycles. The van der Waals surface area contributed by atoms with Gasteiger partial charge in [-0.2, -0.15) is 0 Å². The van der Waals surface area contributed by atoms with Crippen molar-refractivity contribution in [2.75, 3.05) is 10.0 Å². The molecule has 0 aromatic heterocycles. The van der Waals surface area contributed by atoms with Crippen LogP contribution in [0.1, 0.15) is 40.6 Å². The summed E-state index contributed by atoms with van der Waals surface area (Å²) in [6.07, 6.45) is 5.23. The Balaban J connectivity index is 1.52. The Kier molecular flexibility index (Phi) is 5.68. The Hall–Kier alpha value is -2.47. The van der Waals surface area contributed by atoms with Crippen molar-refractivity contribution >= 4 is 44.6 Å². The van der Waals surface area contributed by atoms with Gasteiger partial charge >= 0.3 is 0 Å². The maximum atomic E-state index is 13.3. The van der Waals surface area contributed by atoms with Gasteiger partial charge in [-0.15, -0.1) is 0 Å². The van der Waals surface area contributed by atoms with Crippen LogP contribution in [0.15, 0.2) is 71.6 Å². The fourth-order valence-electron chi connectivity index (χ4n) is 4.97. The van der Waals surface area contributed by atoms with Crippen LogP contribution in [0, 0.1) is 19.8 Å². The van der Waals surface area contributed by atoms with Gasteiger partial charge < -0.3 is 5.32 Å². The topological polar surface area (TPSA) is 58.2 Å². The summed E-state index contributed by atoms with van der Waals surface area (Å²) < 4.78 is 29.3. The number of para-hydroxylation sites is 1. The number of halogens is 2. The highest BCUT2D eigenvalue weighted by Gasteiger charge is 2.39. The third kappa shape index (κ3) is 4.03. The van der Waals surface area contributed by atoms with E-state index in [9.17, 15) is 8.42 Å². The van der Waals surface area contributed by atoms with Crippen LogP contribution < -0.4 is 10.0 Å². The van der Waals surface area contributed by atoms with Crippen molar-refractivity contribution < 1.29 is 8.42 Å². The molecule has 0 fully saturated rings. The molecule has 3 aromatic rings. The van der Waals surface area contributed by atoms with Crippen molar-refractivity contribution in [2.45, 2.75) is 37.1 Å². The van der Waals surface area contributed by atoms with Crippen molar-refractivity contribution in [2.24, 2.45) is 5.92 Å². The molecule has 1 aliphatic heterocycles. The third-order valence-electron chi connectivity index (χ3n) is 6.66. The van der Waals surface area contributed by atoms with E-state index in [0.29, 0.717) is 15.7 Å². The number of rotatable bonds is 4. The number of anilines is 2. The lowest BCUT2D eigenvalue weighted by atomic mass is 9.77. The first-order chi connectivity index (χ1) is 15.7. The highest BCUT2D eigenvalue weighted by molar-refractivity contribution is 7.92. The molecule has 33 heavy (non-hydrogen) atoms. The summed E-state index contributed by atoms with van der Waals surface area (Å²) in [7, 11) is -3.74. The van der Waals surface area contributed by atoms with Gasteiger partial charge in [0.25, 0.3) is 10.0 Å². The van der Waals surface area contributed by atoms with E-state index >= 15 is 0 Å². The molecule has 0 saturated heterocycles. The van der Waals surface area contributed by atoms with E-state index in [4.69, 9.17) is 23.2 Å². The van der Waals surface area contributed by atoms with E-state index in [1.807, 2.05) is 50.2 Å². The molecule has 0 amide bonds. The van der Waals surface area contributed by atoms with Gasteiger partial charge in [0.1, 0.15) is 0 Å². The third-order valence-corrected chi connectivity index (χ3v) is 8.57. The zero-order chi connectivity index (χ0) is 23.3. The van der Waals surface area contributed by atoms with Gasteiger partial charge in [0, 0.05) is 21.7 Å². The van der Waals surface area contributed by atoms with E-state index in [-0.39, 0.29) is 22.8 Å². The average molecular weight is 499 g/mol. The van der Waals surface area contributed by atoms with Crippen LogP contribution >= 0.6 is 23.2 Å². The Labute approximate surface area is 204 Å². The van der Waals surface area contributed by atoms with E-state index in [0.717, 1.165) is 34.4 Å². The minimum Gasteiger partial charge on any atom is -0.378 e. The molecule has 170 valence electrons. The zero-order valence-corrected chi connectivity index (χ0v) is 20.6. The number of fused-ring (bicyclic) bond motifs is 3. The van der Waals surface area contributed by atoms with Crippen molar-refractivity contribution in [1.82, 2.24) is 0 Å². The van der Waals surface area contributed by atoms with Crippen molar-refractivity contribution in [3.63, 3.8) is 0 Å². The first-order valence-corrected chi connectivity index (χ1v) is 13.1. The molecule has 0 spiro atoms. The minimum atomic E-state index is -3.74. The molecule has 7 heteroatoms. The van der Waals surface area contributed by atoms with Crippen LogP contribution in [0.2, 0.25) is 10.0 Å². The number of hydrogen-bond acceptors (Lipinski definition) is 3. The van der Waals surface area contributed by atoms with E-state index in [1.165, 1.54) is 0 Å². The van der Waals surface area contributed by atoms with Crippen LogP contribution in [0.25, 0.3) is 0 Å². The number of sulfonamides is 1. The fraction of sp³-hybridized carbons (Fsp3) is 0.231. The summed E-state index contributed by atoms with van der Waals surface area (Å²) >= 11 is 12.6. The molecule has 3 aromatic carbocycles. The summed E-state index contributed by atoms with van der Waals surface area (Å²) in [6, 6.07) is 16.6. The molecule has 2 N–H and O–H groups in total.